The molecule has 3 nitrogen and oxygen atoms in total. The number of nitrogens with zero attached hydrogens (tertiary/aromatic N) is 2. The fourth-order valence-electron chi connectivity index (χ4n) is 2.79. The number of H-pyrrole nitrogens is 1. The van der Waals surface area contributed by atoms with E-state index in [1.54, 1.807) is 6.07 Å². The summed E-state index contributed by atoms with van der Waals surface area (Å²) in [6.45, 7) is 0. The molecule has 1 N–H and O–H groups in total. The van der Waals surface area contributed by atoms with Crippen molar-refractivity contribution in [1.29, 1.82) is 0 Å². The molecule has 1 saturated carbocycles. The fraction of sp³-hybridized carbons (Fsp3) is 0.500. The van der Waals surface area contributed by atoms with E-state index < -0.39 is 0 Å². The van der Waals surface area contributed by atoms with Crippen molar-refractivity contribution in [1.82, 2.24) is 9.97 Å². The Kier molecular flexibility index (Phi) is 3.48. The number of aromatic nitrogens is 2. The van der Waals surface area contributed by atoms with Crippen LogP contribution in [-0.2, 0) is 0 Å². The third-order valence-corrected chi connectivity index (χ3v) is 4.98. The SMILES string of the molecule is CN(c1nc2ccc(F)cc2[nH]1)C1CCCCC1Br. The van der Waals surface area contributed by atoms with Gasteiger partial charge in [0.15, 0.2) is 0 Å². The molecular weight excluding hydrogens is 309 g/mol. The van der Waals surface area contributed by atoms with E-state index in [0.717, 1.165) is 23.4 Å². The maximum absolute atomic E-state index is 13.2. The van der Waals surface area contributed by atoms with Crippen molar-refractivity contribution in [3.63, 3.8) is 0 Å². The number of hydrogen-bond acceptors (Lipinski definition) is 2. The summed E-state index contributed by atoms with van der Waals surface area (Å²) < 4.78 is 13.2. The Bertz CT molecular complexity index is 583. The highest BCUT2D eigenvalue weighted by Gasteiger charge is 2.27. The quantitative estimate of drug-likeness (QED) is 0.850. The molecule has 0 radical (unpaired) electrons. The standard InChI is InChI=1S/C14H17BrFN3/c1-19(13-5-3-2-4-10(13)15)14-17-11-7-6-9(16)8-12(11)18-14/h6-8,10,13H,2-5H2,1H3,(H,17,18). The minimum Gasteiger partial charge on any atom is -0.341 e. The van der Waals surface area contributed by atoms with Crippen molar-refractivity contribution in [2.24, 2.45) is 0 Å². The van der Waals surface area contributed by atoms with E-state index in [9.17, 15) is 4.39 Å². The van der Waals surface area contributed by atoms with Crippen molar-refractivity contribution in [2.45, 2.75) is 36.6 Å². The highest BCUT2D eigenvalue weighted by molar-refractivity contribution is 9.09. The van der Waals surface area contributed by atoms with E-state index in [4.69, 9.17) is 0 Å². The van der Waals surface area contributed by atoms with Gasteiger partial charge in [-0.3, -0.25) is 0 Å². The summed E-state index contributed by atoms with van der Waals surface area (Å²) in [5, 5.41) is 0. The number of halogens is 2. The lowest BCUT2D eigenvalue weighted by molar-refractivity contribution is 0.441. The molecule has 0 spiro atoms. The van der Waals surface area contributed by atoms with Gasteiger partial charge in [-0.2, -0.15) is 0 Å². The van der Waals surface area contributed by atoms with Gasteiger partial charge in [0.1, 0.15) is 5.82 Å². The lowest BCUT2D eigenvalue weighted by Gasteiger charge is -2.34. The smallest absolute Gasteiger partial charge is 0.203 e. The van der Waals surface area contributed by atoms with Gasteiger partial charge >= 0.3 is 0 Å². The Morgan fingerprint density at radius 1 is 1.37 bits per heavy atom. The predicted octanol–water partition coefficient (Wildman–Crippen LogP) is 3.84. The van der Waals surface area contributed by atoms with Crippen molar-refractivity contribution in [3.8, 4) is 0 Å². The van der Waals surface area contributed by atoms with Gasteiger partial charge in [0, 0.05) is 17.9 Å². The Morgan fingerprint density at radius 3 is 2.95 bits per heavy atom. The van der Waals surface area contributed by atoms with Crippen LogP contribution in [0.1, 0.15) is 25.7 Å². The first-order chi connectivity index (χ1) is 9.15. The van der Waals surface area contributed by atoms with Crippen LogP contribution in [0.25, 0.3) is 11.0 Å². The number of hydrogen-bond donors (Lipinski definition) is 1. The monoisotopic (exact) mass is 325 g/mol. The van der Waals surface area contributed by atoms with Gasteiger partial charge < -0.3 is 9.88 Å². The highest BCUT2D eigenvalue weighted by Crippen LogP contribution is 2.30. The summed E-state index contributed by atoms with van der Waals surface area (Å²) in [4.78, 5) is 10.4. The van der Waals surface area contributed by atoms with Crippen LogP contribution in [0.15, 0.2) is 18.2 Å². The van der Waals surface area contributed by atoms with Crippen LogP contribution in [0, 0.1) is 5.82 Å². The molecule has 5 heteroatoms. The maximum atomic E-state index is 13.2. The highest BCUT2D eigenvalue weighted by atomic mass is 79.9. The molecule has 19 heavy (non-hydrogen) atoms. The first-order valence-electron chi connectivity index (χ1n) is 6.67. The number of nitrogens with one attached hydrogen (secondary N) is 1. The van der Waals surface area contributed by atoms with E-state index >= 15 is 0 Å². The lowest BCUT2D eigenvalue weighted by atomic mass is 9.94. The zero-order valence-electron chi connectivity index (χ0n) is 10.9. The molecular formula is C14H17BrFN3. The minimum atomic E-state index is -0.235. The second-order valence-corrected chi connectivity index (χ2v) is 6.38. The predicted molar refractivity (Wildman–Crippen MR) is 79.4 cm³/mol. The number of benzene rings is 1. The molecule has 1 fully saturated rings. The van der Waals surface area contributed by atoms with Crippen molar-refractivity contribution in [3.05, 3.63) is 24.0 Å². The van der Waals surface area contributed by atoms with Crippen molar-refractivity contribution in [2.75, 3.05) is 11.9 Å². The maximum Gasteiger partial charge on any atom is 0.203 e. The first kappa shape index (κ1) is 12.9. The molecule has 0 bridgehead atoms. The Labute approximate surface area is 120 Å². The molecule has 1 aromatic carbocycles. The third-order valence-electron chi connectivity index (χ3n) is 3.91. The van der Waals surface area contributed by atoms with Crippen LogP contribution in [0.5, 0.6) is 0 Å². The number of alkyl halides is 1. The summed E-state index contributed by atoms with van der Waals surface area (Å²) in [6, 6.07) is 5.09. The van der Waals surface area contributed by atoms with Crippen LogP contribution in [0.3, 0.4) is 0 Å². The van der Waals surface area contributed by atoms with Gasteiger partial charge in [0.25, 0.3) is 0 Å². The number of imidazole rings is 1. The summed E-state index contributed by atoms with van der Waals surface area (Å²) in [5.74, 6) is 0.582. The normalized spacial score (nSPS) is 23.7. The second-order valence-electron chi connectivity index (χ2n) is 5.20. The molecule has 1 heterocycles. The van der Waals surface area contributed by atoms with E-state index in [-0.39, 0.29) is 5.82 Å². The molecule has 2 unspecified atom stereocenters. The van der Waals surface area contributed by atoms with Gasteiger partial charge in [-0.25, -0.2) is 9.37 Å². The fourth-order valence-corrected chi connectivity index (χ4v) is 3.74. The van der Waals surface area contributed by atoms with E-state index in [1.165, 1.54) is 31.4 Å². The Hall–Kier alpha value is -1.10. The molecule has 1 aliphatic rings. The molecule has 3 rings (SSSR count). The average Bonchev–Trinajstić information content (AvgIpc) is 2.81. The molecule has 1 aliphatic carbocycles. The van der Waals surface area contributed by atoms with E-state index in [1.807, 2.05) is 0 Å². The van der Waals surface area contributed by atoms with Gasteiger partial charge in [-0.1, -0.05) is 28.8 Å². The van der Waals surface area contributed by atoms with Gasteiger partial charge in [-0.05, 0) is 31.0 Å². The lowest BCUT2D eigenvalue weighted by Crippen LogP contribution is -2.41. The van der Waals surface area contributed by atoms with Crippen LogP contribution in [-0.4, -0.2) is 27.9 Å². The van der Waals surface area contributed by atoms with E-state index in [0.29, 0.717) is 10.9 Å². The van der Waals surface area contributed by atoms with Crippen molar-refractivity contribution < 1.29 is 4.39 Å². The summed E-state index contributed by atoms with van der Waals surface area (Å²) in [6.07, 6.45) is 4.90. The summed E-state index contributed by atoms with van der Waals surface area (Å²) in [5.41, 5.74) is 1.56. The molecule has 102 valence electrons. The summed E-state index contributed by atoms with van der Waals surface area (Å²) >= 11 is 3.76. The van der Waals surface area contributed by atoms with Gasteiger partial charge in [0.05, 0.1) is 11.0 Å². The second kappa shape index (κ2) is 5.12. The zero-order chi connectivity index (χ0) is 13.4. The minimum absolute atomic E-state index is 0.235. The summed E-state index contributed by atoms with van der Waals surface area (Å²) in [7, 11) is 2.05. The number of rotatable bonds is 2. The topological polar surface area (TPSA) is 31.9 Å². The van der Waals surface area contributed by atoms with Crippen LogP contribution < -0.4 is 4.90 Å². The number of aromatic amines is 1. The zero-order valence-corrected chi connectivity index (χ0v) is 12.5. The molecule has 1 aromatic heterocycles. The number of anilines is 1. The van der Waals surface area contributed by atoms with Crippen LogP contribution in [0.2, 0.25) is 0 Å². The Balaban J connectivity index is 1.90. The molecule has 0 saturated heterocycles. The van der Waals surface area contributed by atoms with Crippen LogP contribution >= 0.6 is 15.9 Å². The molecule has 0 amide bonds. The molecule has 2 atom stereocenters. The van der Waals surface area contributed by atoms with Gasteiger partial charge in [0.2, 0.25) is 5.95 Å². The largest absolute Gasteiger partial charge is 0.341 e. The molecule has 2 aromatic rings. The Morgan fingerprint density at radius 2 is 2.16 bits per heavy atom. The molecule has 0 aliphatic heterocycles. The van der Waals surface area contributed by atoms with Crippen LogP contribution in [0.4, 0.5) is 10.3 Å². The first-order valence-corrected chi connectivity index (χ1v) is 7.59. The number of fused-ring (bicyclic) bond motifs is 1. The third kappa shape index (κ3) is 2.48. The average molecular weight is 326 g/mol. The van der Waals surface area contributed by atoms with Gasteiger partial charge in [-0.15, -0.1) is 0 Å². The van der Waals surface area contributed by atoms with E-state index in [2.05, 4.69) is 37.8 Å². The van der Waals surface area contributed by atoms with Crippen molar-refractivity contribution >= 4 is 32.9 Å².